The van der Waals surface area contributed by atoms with Gasteiger partial charge in [-0.1, -0.05) is 61.4 Å². The van der Waals surface area contributed by atoms with Gasteiger partial charge in [-0.25, -0.2) is 0 Å². The lowest BCUT2D eigenvalue weighted by molar-refractivity contribution is 0.720. The maximum Gasteiger partial charge on any atom is 0.233 e. The summed E-state index contributed by atoms with van der Waals surface area (Å²) < 4.78 is 1.28. The minimum atomic E-state index is 0.166. The first-order chi connectivity index (χ1) is 9.79. The molecular weight excluding hydrogens is 264 g/mol. The number of hydrogen-bond acceptors (Lipinski definition) is 2. The van der Waals surface area contributed by atoms with Crippen LogP contribution in [0.4, 0.5) is 0 Å². The first-order valence-corrected chi connectivity index (χ1v) is 8.05. The van der Waals surface area contributed by atoms with Crippen LogP contribution in [0.15, 0.2) is 47.3 Å². The molecule has 0 amide bonds. The minimum Gasteiger partial charge on any atom is -0.278 e. The van der Waals surface area contributed by atoms with Crippen molar-refractivity contribution in [3.8, 4) is 0 Å². The van der Waals surface area contributed by atoms with E-state index in [-0.39, 0.29) is 4.74 Å². The van der Waals surface area contributed by atoms with Crippen LogP contribution in [-0.4, -0.2) is 0 Å². The molecular formula is C18H18OS. The summed E-state index contributed by atoms with van der Waals surface area (Å²) in [6, 6.07) is 14.5. The molecule has 0 saturated carbocycles. The molecule has 0 N–H and O–H groups in total. The Kier molecular flexibility index (Phi) is 3.83. The molecule has 0 aliphatic carbocycles. The van der Waals surface area contributed by atoms with E-state index in [9.17, 15) is 4.79 Å². The van der Waals surface area contributed by atoms with Gasteiger partial charge in [0, 0.05) is 16.2 Å². The summed E-state index contributed by atoms with van der Waals surface area (Å²) in [5.41, 5.74) is 1.22. The van der Waals surface area contributed by atoms with E-state index in [0.717, 1.165) is 17.5 Å². The van der Waals surface area contributed by atoms with Crippen LogP contribution in [0.5, 0.6) is 0 Å². The topological polar surface area (TPSA) is 17.1 Å². The Hall–Kier alpha value is -1.67. The van der Waals surface area contributed by atoms with Gasteiger partial charge in [0.05, 0.1) is 0 Å². The van der Waals surface area contributed by atoms with E-state index < -0.39 is 0 Å². The number of rotatable bonds is 4. The van der Waals surface area contributed by atoms with Crippen LogP contribution >= 0.6 is 11.3 Å². The maximum absolute atomic E-state index is 11.9. The van der Waals surface area contributed by atoms with Crippen molar-refractivity contribution in [2.45, 2.75) is 32.6 Å². The van der Waals surface area contributed by atoms with Crippen molar-refractivity contribution in [1.82, 2.24) is 0 Å². The number of unbranched alkanes of at least 4 members (excludes halogenated alkanes) is 2. The van der Waals surface area contributed by atoms with Crippen molar-refractivity contribution in [1.29, 1.82) is 0 Å². The molecule has 0 aliphatic heterocycles. The summed E-state index contributed by atoms with van der Waals surface area (Å²) >= 11 is 1.35. The standard InChI is InChI=1S/C18H18OS/c1-2-3-4-8-14-12-17(19)20-16-11-10-13-7-5-6-9-15(13)18(14)16/h5-7,9-12H,2-4,8H2,1H3. The number of aryl methyl sites for hydroxylation is 1. The molecule has 0 radical (unpaired) electrons. The van der Waals surface area contributed by atoms with Gasteiger partial charge in [-0.2, -0.15) is 0 Å². The molecule has 0 spiro atoms. The van der Waals surface area contributed by atoms with Crippen molar-refractivity contribution >= 4 is 32.2 Å². The van der Waals surface area contributed by atoms with Crippen molar-refractivity contribution in [2.24, 2.45) is 0 Å². The van der Waals surface area contributed by atoms with E-state index in [1.165, 1.54) is 45.9 Å². The predicted octanol–water partition coefficient (Wildman–Crippen LogP) is 5.15. The largest absolute Gasteiger partial charge is 0.278 e. The molecule has 0 unspecified atom stereocenters. The molecule has 1 nitrogen and oxygen atoms in total. The highest BCUT2D eigenvalue weighted by Crippen LogP contribution is 2.30. The first kappa shape index (κ1) is 13.3. The molecule has 0 saturated heterocycles. The summed E-state index contributed by atoms with van der Waals surface area (Å²) in [5, 5.41) is 3.80. The first-order valence-electron chi connectivity index (χ1n) is 7.24. The zero-order valence-corrected chi connectivity index (χ0v) is 12.5. The number of fused-ring (bicyclic) bond motifs is 3. The third-order valence-corrected chi connectivity index (χ3v) is 4.64. The molecule has 0 atom stereocenters. The van der Waals surface area contributed by atoms with Gasteiger partial charge in [-0.3, -0.25) is 4.79 Å². The molecule has 20 heavy (non-hydrogen) atoms. The normalized spacial score (nSPS) is 11.2. The van der Waals surface area contributed by atoms with Crippen molar-refractivity contribution in [3.63, 3.8) is 0 Å². The van der Waals surface area contributed by atoms with Crippen LogP contribution in [0.1, 0.15) is 31.7 Å². The second-order valence-electron chi connectivity index (χ2n) is 5.21. The summed E-state index contributed by atoms with van der Waals surface area (Å²) in [4.78, 5) is 11.9. The molecule has 1 aromatic heterocycles. The zero-order chi connectivity index (χ0) is 13.9. The van der Waals surface area contributed by atoms with Gasteiger partial charge in [0.15, 0.2) is 0 Å². The van der Waals surface area contributed by atoms with Crippen molar-refractivity contribution in [3.05, 3.63) is 57.6 Å². The Morgan fingerprint density at radius 1 is 1.05 bits per heavy atom. The van der Waals surface area contributed by atoms with E-state index in [1.807, 2.05) is 6.07 Å². The molecule has 2 heteroatoms. The van der Waals surface area contributed by atoms with Crippen molar-refractivity contribution < 1.29 is 0 Å². The Labute approximate surface area is 122 Å². The lowest BCUT2D eigenvalue weighted by Gasteiger charge is -2.08. The molecule has 3 aromatic rings. The van der Waals surface area contributed by atoms with Gasteiger partial charge in [0.2, 0.25) is 4.74 Å². The second-order valence-corrected chi connectivity index (χ2v) is 6.25. The van der Waals surface area contributed by atoms with Gasteiger partial charge >= 0.3 is 0 Å². The van der Waals surface area contributed by atoms with Gasteiger partial charge in [-0.05, 0) is 35.2 Å². The SMILES string of the molecule is CCCCCc1cc(=O)sc2ccc3ccccc3c12. The summed E-state index contributed by atoms with van der Waals surface area (Å²) in [6.07, 6.45) is 4.58. The van der Waals surface area contributed by atoms with E-state index in [1.54, 1.807) is 0 Å². The third kappa shape index (κ3) is 2.48. The fraction of sp³-hybridized carbons (Fsp3) is 0.278. The minimum absolute atomic E-state index is 0.166. The molecule has 3 rings (SSSR count). The van der Waals surface area contributed by atoms with Crippen LogP contribution in [0, 0.1) is 0 Å². The van der Waals surface area contributed by atoms with E-state index in [2.05, 4.69) is 43.3 Å². The molecule has 0 bridgehead atoms. The van der Waals surface area contributed by atoms with Crippen LogP contribution in [0.25, 0.3) is 20.9 Å². The monoisotopic (exact) mass is 282 g/mol. The van der Waals surface area contributed by atoms with Gasteiger partial charge in [0.25, 0.3) is 0 Å². The average molecular weight is 282 g/mol. The lowest BCUT2D eigenvalue weighted by Crippen LogP contribution is -1.98. The smallest absolute Gasteiger partial charge is 0.233 e. The van der Waals surface area contributed by atoms with Crippen LogP contribution in [-0.2, 0) is 6.42 Å². The van der Waals surface area contributed by atoms with Crippen LogP contribution < -0.4 is 4.74 Å². The Bertz CT molecular complexity index is 801. The fourth-order valence-corrected chi connectivity index (χ4v) is 3.68. The maximum atomic E-state index is 11.9. The molecule has 0 fully saturated rings. The van der Waals surface area contributed by atoms with Gasteiger partial charge < -0.3 is 0 Å². The van der Waals surface area contributed by atoms with E-state index in [0.29, 0.717) is 0 Å². The fourth-order valence-electron chi connectivity index (χ4n) is 2.78. The van der Waals surface area contributed by atoms with Crippen LogP contribution in [0.2, 0.25) is 0 Å². The Balaban J connectivity index is 2.25. The quantitative estimate of drug-likeness (QED) is 0.478. The highest BCUT2D eigenvalue weighted by Gasteiger charge is 2.07. The lowest BCUT2D eigenvalue weighted by atomic mass is 9.99. The molecule has 102 valence electrons. The summed E-state index contributed by atoms with van der Waals surface area (Å²) in [7, 11) is 0. The second kappa shape index (κ2) is 5.76. The van der Waals surface area contributed by atoms with Gasteiger partial charge in [-0.15, -0.1) is 0 Å². The summed E-state index contributed by atoms with van der Waals surface area (Å²) in [5.74, 6) is 0. The van der Waals surface area contributed by atoms with Gasteiger partial charge in [0.1, 0.15) is 0 Å². The molecule has 2 aromatic carbocycles. The molecule has 1 heterocycles. The zero-order valence-electron chi connectivity index (χ0n) is 11.7. The van der Waals surface area contributed by atoms with Crippen molar-refractivity contribution in [2.75, 3.05) is 0 Å². The Morgan fingerprint density at radius 2 is 1.90 bits per heavy atom. The van der Waals surface area contributed by atoms with E-state index in [4.69, 9.17) is 0 Å². The Morgan fingerprint density at radius 3 is 2.75 bits per heavy atom. The summed E-state index contributed by atoms with van der Waals surface area (Å²) in [6.45, 7) is 2.21. The predicted molar refractivity (Wildman–Crippen MR) is 88.8 cm³/mol. The highest BCUT2D eigenvalue weighted by molar-refractivity contribution is 7.16. The average Bonchev–Trinajstić information content (AvgIpc) is 2.46. The number of hydrogen-bond donors (Lipinski definition) is 0. The van der Waals surface area contributed by atoms with Crippen LogP contribution in [0.3, 0.4) is 0 Å². The molecule has 0 aliphatic rings. The number of benzene rings is 2. The highest BCUT2D eigenvalue weighted by atomic mass is 32.1. The van der Waals surface area contributed by atoms with E-state index >= 15 is 0 Å². The third-order valence-electron chi connectivity index (χ3n) is 3.76.